The number of aromatic nitrogens is 3. The maximum absolute atomic E-state index is 13.3. The fraction of sp³-hybridized carbons (Fsp3) is 0.278. The van der Waals surface area contributed by atoms with E-state index in [2.05, 4.69) is 10.1 Å². The van der Waals surface area contributed by atoms with Crippen LogP contribution in [0.3, 0.4) is 0 Å². The fourth-order valence-electron chi connectivity index (χ4n) is 2.80. The quantitative estimate of drug-likeness (QED) is 0.654. The Morgan fingerprint density at radius 2 is 1.92 bits per heavy atom. The van der Waals surface area contributed by atoms with Crippen LogP contribution in [0.15, 0.2) is 30.3 Å². The Hall–Kier alpha value is -2.90. The number of carbonyl (C=O) groups is 1. The van der Waals surface area contributed by atoms with Gasteiger partial charge in [-0.2, -0.15) is 18.3 Å². The molecule has 2 aromatic heterocycles. The summed E-state index contributed by atoms with van der Waals surface area (Å²) in [6.07, 6.45) is -4.52. The van der Waals surface area contributed by atoms with E-state index in [1.807, 2.05) is 0 Å². The van der Waals surface area contributed by atoms with E-state index in [4.69, 9.17) is 4.74 Å². The predicted octanol–water partition coefficient (Wildman–Crippen LogP) is 4.21. The number of hydrogen-bond acceptors (Lipinski definition) is 4. The maximum atomic E-state index is 13.3. The van der Waals surface area contributed by atoms with Crippen LogP contribution in [0.1, 0.15) is 34.2 Å². The van der Waals surface area contributed by atoms with Crippen molar-refractivity contribution in [1.29, 1.82) is 0 Å². The summed E-state index contributed by atoms with van der Waals surface area (Å²) >= 11 is 0. The molecule has 0 bridgehead atoms. The number of halogens is 3. The molecule has 26 heavy (non-hydrogen) atoms. The van der Waals surface area contributed by atoms with E-state index in [1.165, 1.54) is 28.8 Å². The molecule has 3 aromatic rings. The number of ether oxygens (including phenoxy) is 1. The second-order valence-corrected chi connectivity index (χ2v) is 5.76. The van der Waals surface area contributed by atoms with Crippen LogP contribution in [0.2, 0.25) is 0 Å². The van der Waals surface area contributed by atoms with Crippen molar-refractivity contribution in [2.45, 2.75) is 26.9 Å². The van der Waals surface area contributed by atoms with Crippen molar-refractivity contribution >= 4 is 11.6 Å². The van der Waals surface area contributed by atoms with Gasteiger partial charge in [-0.25, -0.2) is 14.3 Å². The summed E-state index contributed by atoms with van der Waals surface area (Å²) in [7, 11) is 0. The number of hydrogen-bond donors (Lipinski definition) is 0. The lowest BCUT2D eigenvalue weighted by molar-refractivity contribution is -0.137. The van der Waals surface area contributed by atoms with Gasteiger partial charge >= 0.3 is 12.1 Å². The Morgan fingerprint density at radius 1 is 1.23 bits per heavy atom. The molecule has 0 saturated carbocycles. The molecule has 0 saturated heterocycles. The maximum Gasteiger partial charge on any atom is 0.417 e. The Bertz CT molecular complexity index is 993. The highest BCUT2D eigenvalue weighted by Crippen LogP contribution is 2.36. The minimum absolute atomic E-state index is 0.0637. The molecule has 0 fully saturated rings. The average Bonchev–Trinajstić information content (AvgIpc) is 2.91. The number of nitrogens with zero attached hydrogens (tertiary/aromatic N) is 3. The molecule has 2 heterocycles. The molecule has 5 nitrogen and oxygen atoms in total. The molecule has 0 spiro atoms. The third-order valence-corrected chi connectivity index (χ3v) is 3.92. The lowest BCUT2D eigenvalue weighted by Gasteiger charge is -2.13. The zero-order valence-corrected chi connectivity index (χ0v) is 14.4. The van der Waals surface area contributed by atoms with Gasteiger partial charge in [-0.1, -0.05) is 18.2 Å². The third kappa shape index (κ3) is 3.02. The van der Waals surface area contributed by atoms with E-state index >= 15 is 0 Å². The monoisotopic (exact) mass is 363 g/mol. The van der Waals surface area contributed by atoms with Crippen LogP contribution < -0.4 is 0 Å². The van der Waals surface area contributed by atoms with Crippen molar-refractivity contribution < 1.29 is 22.7 Å². The highest BCUT2D eigenvalue weighted by molar-refractivity contribution is 5.90. The molecule has 0 N–H and O–H groups in total. The number of esters is 1. The molecule has 0 radical (unpaired) electrons. The van der Waals surface area contributed by atoms with Crippen molar-refractivity contribution in [2.24, 2.45) is 0 Å². The van der Waals surface area contributed by atoms with Gasteiger partial charge in [-0.05, 0) is 38.5 Å². The van der Waals surface area contributed by atoms with E-state index in [-0.39, 0.29) is 23.6 Å². The van der Waals surface area contributed by atoms with Crippen LogP contribution in [-0.4, -0.2) is 27.2 Å². The molecule has 8 heteroatoms. The zero-order chi connectivity index (χ0) is 19.1. The van der Waals surface area contributed by atoms with E-state index in [1.54, 1.807) is 20.8 Å². The van der Waals surface area contributed by atoms with Gasteiger partial charge in [0.1, 0.15) is 0 Å². The van der Waals surface area contributed by atoms with E-state index in [0.29, 0.717) is 16.9 Å². The largest absolute Gasteiger partial charge is 0.461 e. The molecule has 0 atom stereocenters. The highest BCUT2D eigenvalue weighted by Gasteiger charge is 2.34. The standard InChI is InChI=1S/C18H16F3N3O2/c1-4-26-17(25)15-11(3)22-16-10(2)9-14(23-24(15)16)12-7-5-6-8-13(12)18(19,20)21/h5-9H,4H2,1-3H3. The first-order chi connectivity index (χ1) is 12.2. The van der Waals surface area contributed by atoms with Crippen LogP contribution in [-0.2, 0) is 10.9 Å². The van der Waals surface area contributed by atoms with Crippen molar-refractivity contribution in [3.8, 4) is 11.3 Å². The second kappa shape index (κ2) is 6.44. The van der Waals surface area contributed by atoms with Crippen molar-refractivity contribution in [3.05, 3.63) is 52.8 Å². The van der Waals surface area contributed by atoms with Crippen molar-refractivity contribution in [3.63, 3.8) is 0 Å². The Kier molecular flexibility index (Phi) is 4.43. The summed E-state index contributed by atoms with van der Waals surface area (Å²) in [5.74, 6) is -0.620. The Balaban J connectivity index is 2.28. The zero-order valence-electron chi connectivity index (χ0n) is 14.4. The summed E-state index contributed by atoms with van der Waals surface area (Å²) in [6, 6.07) is 6.72. The van der Waals surface area contributed by atoms with Gasteiger partial charge in [0.15, 0.2) is 11.3 Å². The van der Waals surface area contributed by atoms with Crippen molar-refractivity contribution in [1.82, 2.24) is 14.6 Å². The van der Waals surface area contributed by atoms with Crippen LogP contribution in [0.25, 0.3) is 16.9 Å². The second-order valence-electron chi connectivity index (χ2n) is 5.76. The number of benzene rings is 1. The summed E-state index contributed by atoms with van der Waals surface area (Å²) in [5.41, 5.74) is 0.763. The van der Waals surface area contributed by atoms with Gasteiger partial charge in [-0.3, -0.25) is 0 Å². The topological polar surface area (TPSA) is 56.5 Å². The summed E-state index contributed by atoms with van der Waals surface area (Å²) in [4.78, 5) is 16.5. The number of alkyl halides is 3. The first-order valence-electron chi connectivity index (χ1n) is 7.94. The number of carbonyl (C=O) groups excluding carboxylic acids is 1. The lowest BCUT2D eigenvalue weighted by atomic mass is 10.0. The van der Waals surface area contributed by atoms with Gasteiger partial charge in [0.05, 0.1) is 23.6 Å². The smallest absolute Gasteiger partial charge is 0.417 e. The first kappa shape index (κ1) is 17.9. The van der Waals surface area contributed by atoms with Crippen molar-refractivity contribution in [2.75, 3.05) is 6.61 Å². The molecule has 1 aromatic carbocycles. The minimum atomic E-state index is -4.52. The van der Waals surface area contributed by atoms with Gasteiger partial charge in [-0.15, -0.1) is 0 Å². The molecule has 3 rings (SSSR count). The van der Waals surface area contributed by atoms with Gasteiger partial charge in [0.25, 0.3) is 0 Å². The van der Waals surface area contributed by atoms with E-state index < -0.39 is 17.7 Å². The summed E-state index contributed by atoms with van der Waals surface area (Å²) in [6.45, 7) is 5.17. The molecular weight excluding hydrogens is 347 g/mol. The van der Waals surface area contributed by atoms with Gasteiger partial charge < -0.3 is 4.74 Å². The summed E-state index contributed by atoms with van der Waals surface area (Å²) in [5, 5.41) is 4.26. The fourth-order valence-corrected chi connectivity index (χ4v) is 2.80. The molecule has 0 amide bonds. The summed E-state index contributed by atoms with van der Waals surface area (Å²) < 4.78 is 46.3. The predicted molar refractivity (Wildman–Crippen MR) is 88.9 cm³/mol. The molecular formula is C18H16F3N3O2. The molecule has 0 unspecified atom stereocenters. The lowest BCUT2D eigenvalue weighted by Crippen LogP contribution is -2.12. The molecule has 0 aliphatic rings. The van der Waals surface area contributed by atoms with Crippen LogP contribution >= 0.6 is 0 Å². The molecule has 0 aliphatic heterocycles. The Morgan fingerprint density at radius 3 is 2.58 bits per heavy atom. The third-order valence-electron chi connectivity index (χ3n) is 3.92. The van der Waals surface area contributed by atoms with Crippen LogP contribution in [0.5, 0.6) is 0 Å². The van der Waals surface area contributed by atoms with Gasteiger partial charge in [0, 0.05) is 5.56 Å². The van der Waals surface area contributed by atoms with Crippen LogP contribution in [0, 0.1) is 13.8 Å². The van der Waals surface area contributed by atoms with E-state index in [0.717, 1.165) is 6.07 Å². The highest BCUT2D eigenvalue weighted by atomic mass is 19.4. The molecule has 136 valence electrons. The SMILES string of the molecule is CCOC(=O)c1c(C)nc2c(C)cc(-c3ccccc3C(F)(F)F)nn12. The average molecular weight is 363 g/mol. The van der Waals surface area contributed by atoms with E-state index in [9.17, 15) is 18.0 Å². The normalized spacial score (nSPS) is 11.8. The number of aryl methyl sites for hydroxylation is 2. The number of imidazole rings is 1. The number of rotatable bonds is 3. The van der Waals surface area contributed by atoms with Crippen LogP contribution in [0.4, 0.5) is 13.2 Å². The Labute approximate surface area is 147 Å². The number of fused-ring (bicyclic) bond motifs is 1. The minimum Gasteiger partial charge on any atom is -0.461 e. The first-order valence-corrected chi connectivity index (χ1v) is 7.94. The molecule has 0 aliphatic carbocycles. The van der Waals surface area contributed by atoms with Gasteiger partial charge in [0.2, 0.25) is 0 Å².